The highest BCUT2D eigenvalue weighted by molar-refractivity contribution is 5.90. The largest absolute Gasteiger partial charge is 0.464 e. The van der Waals surface area contributed by atoms with Crippen LogP contribution in [0.15, 0.2) is 22.8 Å². The van der Waals surface area contributed by atoms with Crippen LogP contribution in [0, 0.1) is 25.7 Å². The zero-order chi connectivity index (χ0) is 17.6. The molecule has 0 spiro atoms. The summed E-state index contributed by atoms with van der Waals surface area (Å²) in [7, 11) is 0. The smallest absolute Gasteiger partial charge is 0.224 e. The topological polar surface area (TPSA) is 74.5 Å². The second-order valence-electron chi connectivity index (χ2n) is 7.78. The molecule has 1 aliphatic carbocycles. The number of rotatable bonds is 3. The van der Waals surface area contributed by atoms with Gasteiger partial charge >= 0.3 is 0 Å². The predicted octanol–water partition coefficient (Wildman–Crippen LogP) is 2.07. The molecule has 0 unspecified atom stereocenters. The maximum Gasteiger partial charge on any atom is 0.224 e. The number of aliphatic hydroxyl groups excluding tert-OH is 1. The molecule has 2 aliphatic rings. The minimum Gasteiger partial charge on any atom is -0.464 e. The Labute approximate surface area is 147 Å². The van der Waals surface area contributed by atoms with Crippen molar-refractivity contribution in [1.82, 2.24) is 10.6 Å². The number of benzene rings is 1. The van der Waals surface area contributed by atoms with E-state index in [0.29, 0.717) is 11.8 Å². The highest BCUT2D eigenvalue weighted by atomic mass is 16.3. The standard InChI is InChI=1S/C20H26N2O3/c1-11-3-12(2)20-15(10-25-18(20)4-11)7-19(24)22-16-5-13-8-21-9-14(13)6-17(16)23/h3-4,10,13-14,16-17,21,23H,5-9H2,1-2H3,(H,22,24)/t13-,14+,16-,17-/m0/s1. The lowest BCUT2D eigenvalue weighted by Gasteiger charge is -2.35. The van der Waals surface area contributed by atoms with E-state index in [-0.39, 0.29) is 18.4 Å². The van der Waals surface area contributed by atoms with E-state index < -0.39 is 6.10 Å². The summed E-state index contributed by atoms with van der Waals surface area (Å²) in [6.45, 7) is 6.07. The molecule has 134 valence electrons. The molecule has 2 fully saturated rings. The van der Waals surface area contributed by atoms with Gasteiger partial charge in [0.05, 0.1) is 24.8 Å². The van der Waals surface area contributed by atoms with Crippen molar-refractivity contribution in [2.75, 3.05) is 13.1 Å². The van der Waals surface area contributed by atoms with Gasteiger partial charge in [0.1, 0.15) is 5.58 Å². The van der Waals surface area contributed by atoms with Crippen molar-refractivity contribution >= 4 is 16.9 Å². The van der Waals surface area contributed by atoms with Gasteiger partial charge in [-0.15, -0.1) is 0 Å². The van der Waals surface area contributed by atoms with Crippen molar-refractivity contribution < 1.29 is 14.3 Å². The number of carbonyl (C=O) groups excluding carboxylic acids is 1. The second-order valence-corrected chi connectivity index (χ2v) is 7.78. The van der Waals surface area contributed by atoms with E-state index >= 15 is 0 Å². The molecular weight excluding hydrogens is 316 g/mol. The molecule has 4 rings (SSSR count). The van der Waals surface area contributed by atoms with Gasteiger partial charge in [-0.3, -0.25) is 4.79 Å². The number of fused-ring (bicyclic) bond motifs is 2. The summed E-state index contributed by atoms with van der Waals surface area (Å²) in [5, 5.41) is 17.9. The number of nitrogens with one attached hydrogen (secondary N) is 2. The first-order valence-corrected chi connectivity index (χ1v) is 9.16. The molecule has 2 heterocycles. The van der Waals surface area contributed by atoms with Crippen molar-refractivity contribution in [3.8, 4) is 0 Å². The molecule has 5 heteroatoms. The van der Waals surface area contributed by atoms with Gasteiger partial charge in [-0.05, 0) is 68.8 Å². The van der Waals surface area contributed by atoms with Crippen LogP contribution < -0.4 is 10.6 Å². The average molecular weight is 342 g/mol. The van der Waals surface area contributed by atoms with Crippen molar-refractivity contribution in [2.45, 2.75) is 45.3 Å². The Morgan fingerprint density at radius 2 is 2.04 bits per heavy atom. The lowest BCUT2D eigenvalue weighted by molar-refractivity contribution is -0.122. The van der Waals surface area contributed by atoms with Gasteiger partial charge in [-0.2, -0.15) is 0 Å². The second kappa shape index (κ2) is 6.46. The molecule has 4 atom stereocenters. The van der Waals surface area contributed by atoms with Gasteiger partial charge in [-0.25, -0.2) is 0 Å². The quantitative estimate of drug-likeness (QED) is 0.798. The Balaban J connectivity index is 1.46. The third kappa shape index (κ3) is 3.18. The summed E-state index contributed by atoms with van der Waals surface area (Å²) in [5.74, 6) is 1.07. The van der Waals surface area contributed by atoms with E-state index in [1.807, 2.05) is 19.9 Å². The Morgan fingerprint density at radius 1 is 1.28 bits per heavy atom. The SMILES string of the molecule is Cc1cc(C)c2c(CC(=O)N[C@H]3C[C@H]4CNC[C@H]4C[C@@H]3O)coc2c1. The zero-order valence-corrected chi connectivity index (χ0v) is 14.8. The van der Waals surface area contributed by atoms with Crippen molar-refractivity contribution in [2.24, 2.45) is 11.8 Å². The number of aliphatic hydroxyl groups is 1. The van der Waals surface area contributed by atoms with Crippen molar-refractivity contribution in [3.05, 3.63) is 35.1 Å². The lowest BCUT2D eigenvalue weighted by Crippen LogP contribution is -2.49. The van der Waals surface area contributed by atoms with Gasteiger partial charge in [0.25, 0.3) is 0 Å². The summed E-state index contributed by atoms with van der Waals surface area (Å²) >= 11 is 0. The number of hydrogen-bond donors (Lipinski definition) is 3. The molecule has 1 aliphatic heterocycles. The number of carbonyl (C=O) groups is 1. The maximum atomic E-state index is 12.6. The molecule has 1 amide bonds. The first-order chi connectivity index (χ1) is 12.0. The summed E-state index contributed by atoms with van der Waals surface area (Å²) in [6.07, 6.45) is 3.15. The maximum absolute atomic E-state index is 12.6. The van der Waals surface area contributed by atoms with Crippen LogP contribution in [-0.2, 0) is 11.2 Å². The predicted molar refractivity (Wildman–Crippen MR) is 96.4 cm³/mol. The van der Waals surface area contributed by atoms with E-state index in [1.165, 1.54) is 0 Å². The van der Waals surface area contributed by atoms with E-state index in [9.17, 15) is 9.90 Å². The molecular formula is C20H26N2O3. The monoisotopic (exact) mass is 342 g/mol. The van der Waals surface area contributed by atoms with Crippen LogP contribution in [0.25, 0.3) is 11.0 Å². The van der Waals surface area contributed by atoms with E-state index in [0.717, 1.165) is 53.6 Å². The van der Waals surface area contributed by atoms with E-state index in [2.05, 4.69) is 16.7 Å². The summed E-state index contributed by atoms with van der Waals surface area (Å²) in [4.78, 5) is 12.6. The van der Waals surface area contributed by atoms with Crippen molar-refractivity contribution in [3.63, 3.8) is 0 Å². The Morgan fingerprint density at radius 3 is 2.84 bits per heavy atom. The molecule has 3 N–H and O–H groups in total. The average Bonchev–Trinajstić information content (AvgIpc) is 3.14. The molecule has 1 saturated heterocycles. The summed E-state index contributed by atoms with van der Waals surface area (Å²) in [5.41, 5.74) is 4.03. The Kier molecular flexibility index (Phi) is 4.29. The lowest BCUT2D eigenvalue weighted by atomic mass is 9.77. The van der Waals surface area contributed by atoms with Gasteiger partial charge in [0, 0.05) is 10.9 Å². The molecule has 1 saturated carbocycles. The van der Waals surface area contributed by atoms with E-state index in [4.69, 9.17) is 4.42 Å². The third-order valence-corrected chi connectivity index (χ3v) is 5.84. The molecule has 0 radical (unpaired) electrons. The van der Waals surface area contributed by atoms with Gasteiger partial charge in [-0.1, -0.05) is 6.07 Å². The molecule has 25 heavy (non-hydrogen) atoms. The van der Waals surface area contributed by atoms with Gasteiger partial charge < -0.3 is 20.2 Å². The highest BCUT2D eigenvalue weighted by Crippen LogP contribution is 2.33. The number of furan rings is 1. The molecule has 1 aromatic heterocycles. The normalized spacial score (nSPS) is 28.9. The zero-order valence-electron chi connectivity index (χ0n) is 14.8. The van der Waals surface area contributed by atoms with Gasteiger partial charge in [0.2, 0.25) is 5.91 Å². The number of aryl methyl sites for hydroxylation is 2. The number of hydrogen-bond acceptors (Lipinski definition) is 4. The Bertz CT molecular complexity index is 798. The van der Waals surface area contributed by atoms with Crippen LogP contribution in [-0.4, -0.2) is 36.2 Å². The summed E-state index contributed by atoms with van der Waals surface area (Å²) < 4.78 is 5.64. The van der Waals surface area contributed by atoms with Crippen LogP contribution in [0.1, 0.15) is 29.5 Å². The first kappa shape index (κ1) is 16.6. The highest BCUT2D eigenvalue weighted by Gasteiger charge is 2.39. The molecule has 1 aromatic carbocycles. The first-order valence-electron chi connectivity index (χ1n) is 9.16. The molecule has 0 bridgehead atoms. The van der Waals surface area contributed by atoms with E-state index in [1.54, 1.807) is 6.26 Å². The molecule has 2 aromatic rings. The minimum absolute atomic E-state index is 0.0452. The fourth-order valence-electron chi connectivity index (χ4n) is 4.64. The van der Waals surface area contributed by atoms with Crippen LogP contribution in [0.2, 0.25) is 0 Å². The van der Waals surface area contributed by atoms with Crippen LogP contribution in [0.4, 0.5) is 0 Å². The fraction of sp³-hybridized carbons (Fsp3) is 0.550. The number of amides is 1. The molecule has 5 nitrogen and oxygen atoms in total. The Hall–Kier alpha value is -1.85. The minimum atomic E-state index is -0.449. The third-order valence-electron chi connectivity index (χ3n) is 5.84. The van der Waals surface area contributed by atoms with Crippen LogP contribution in [0.3, 0.4) is 0 Å². The van der Waals surface area contributed by atoms with Crippen molar-refractivity contribution in [1.29, 1.82) is 0 Å². The van der Waals surface area contributed by atoms with Crippen LogP contribution >= 0.6 is 0 Å². The van der Waals surface area contributed by atoms with Crippen LogP contribution in [0.5, 0.6) is 0 Å². The summed E-state index contributed by atoms with van der Waals surface area (Å²) in [6, 6.07) is 3.97. The van der Waals surface area contributed by atoms with Gasteiger partial charge in [0.15, 0.2) is 0 Å². The fourth-order valence-corrected chi connectivity index (χ4v) is 4.64.